The molecule has 0 saturated heterocycles. The van der Waals surface area contributed by atoms with Crippen LogP contribution in [0.25, 0.3) is 27.8 Å². The van der Waals surface area contributed by atoms with Crippen LogP contribution in [0, 0.1) is 0 Å². The highest BCUT2D eigenvalue weighted by Crippen LogP contribution is 2.38. The lowest BCUT2D eigenvalue weighted by molar-refractivity contribution is 0.448. The smallest absolute Gasteiger partial charge is 0.234 e. The standard InChI is InChI=1S/C38H25N5O4/c1-3-18-39-36(12-1)46-28-10-5-8-26(22-28)44-30-14-16-32-33-17-15-31(25-35(33)43(34(32)24-30)38-41-20-7-21-42-38)45-27-9-6-11-29(23-27)47-37-13-2-4-19-40-37/h1-25H/i14D,15D. The van der Waals surface area contributed by atoms with Crippen molar-refractivity contribution in [2.75, 3.05) is 0 Å². The van der Waals surface area contributed by atoms with E-state index in [1.807, 2.05) is 41.0 Å². The average molecular weight is 618 g/mol. The van der Waals surface area contributed by atoms with Crippen LogP contribution in [0.5, 0.6) is 46.3 Å². The summed E-state index contributed by atoms with van der Waals surface area (Å²) in [7, 11) is 0. The van der Waals surface area contributed by atoms with Gasteiger partial charge in [0.15, 0.2) is 0 Å². The summed E-state index contributed by atoms with van der Waals surface area (Å²) in [4.78, 5) is 17.5. The molecule has 0 aliphatic rings. The zero-order valence-electron chi connectivity index (χ0n) is 26.6. The second kappa shape index (κ2) is 12.3. The van der Waals surface area contributed by atoms with Gasteiger partial charge in [-0.2, -0.15) is 0 Å². The van der Waals surface area contributed by atoms with E-state index in [0.717, 1.165) is 10.8 Å². The summed E-state index contributed by atoms with van der Waals surface area (Å²) in [5, 5.41) is 1.47. The van der Waals surface area contributed by atoms with Crippen LogP contribution in [-0.2, 0) is 0 Å². The number of nitrogens with zero attached hydrogens (tertiary/aromatic N) is 5. The van der Waals surface area contributed by atoms with E-state index in [9.17, 15) is 0 Å². The lowest BCUT2D eigenvalue weighted by Crippen LogP contribution is -2.00. The Hall–Kier alpha value is -6.74. The van der Waals surface area contributed by atoms with Gasteiger partial charge in [0.05, 0.1) is 13.8 Å². The fraction of sp³-hybridized carbons (Fsp3) is 0. The maximum atomic E-state index is 8.87. The number of hydrogen-bond acceptors (Lipinski definition) is 8. The van der Waals surface area contributed by atoms with E-state index in [4.69, 9.17) is 21.7 Å². The fourth-order valence-electron chi connectivity index (χ4n) is 5.11. The molecule has 0 spiro atoms. The van der Waals surface area contributed by atoms with Gasteiger partial charge in [0.25, 0.3) is 0 Å². The van der Waals surface area contributed by atoms with Crippen LogP contribution >= 0.6 is 0 Å². The molecule has 0 bridgehead atoms. The van der Waals surface area contributed by atoms with E-state index in [2.05, 4.69) is 19.9 Å². The van der Waals surface area contributed by atoms with Crippen LogP contribution in [0.2, 0.25) is 0 Å². The largest absolute Gasteiger partial charge is 0.457 e. The van der Waals surface area contributed by atoms with Crippen molar-refractivity contribution in [3.8, 4) is 52.2 Å². The summed E-state index contributed by atoms with van der Waals surface area (Å²) < 4.78 is 43.8. The van der Waals surface area contributed by atoms with Gasteiger partial charge in [0.2, 0.25) is 17.7 Å². The van der Waals surface area contributed by atoms with Crippen molar-refractivity contribution in [1.29, 1.82) is 0 Å². The highest BCUT2D eigenvalue weighted by molar-refractivity contribution is 6.09. The van der Waals surface area contributed by atoms with Crippen molar-refractivity contribution in [2.24, 2.45) is 0 Å². The lowest BCUT2D eigenvalue weighted by atomic mass is 10.1. The number of pyridine rings is 2. The first-order valence-electron chi connectivity index (χ1n) is 15.7. The molecule has 8 aromatic rings. The molecule has 9 nitrogen and oxygen atoms in total. The molecule has 0 amide bonds. The Labute approximate surface area is 272 Å². The molecule has 0 atom stereocenters. The predicted octanol–water partition coefficient (Wildman–Crippen LogP) is 9.53. The highest BCUT2D eigenvalue weighted by atomic mass is 16.5. The van der Waals surface area contributed by atoms with Crippen LogP contribution in [-0.4, -0.2) is 24.5 Å². The van der Waals surface area contributed by atoms with Crippen molar-refractivity contribution in [2.45, 2.75) is 0 Å². The van der Waals surface area contributed by atoms with Crippen LogP contribution < -0.4 is 18.9 Å². The maximum Gasteiger partial charge on any atom is 0.234 e. The maximum absolute atomic E-state index is 8.87. The fourth-order valence-corrected chi connectivity index (χ4v) is 5.11. The molecule has 0 unspecified atom stereocenters. The zero-order chi connectivity index (χ0) is 33.2. The Kier molecular flexibility index (Phi) is 6.71. The molecular weight excluding hydrogens is 590 g/mol. The summed E-state index contributed by atoms with van der Waals surface area (Å²) in [6.45, 7) is 0. The van der Waals surface area contributed by atoms with Gasteiger partial charge < -0.3 is 18.9 Å². The van der Waals surface area contributed by atoms with Crippen LogP contribution in [0.4, 0.5) is 0 Å². The summed E-state index contributed by atoms with van der Waals surface area (Å²) in [5.74, 6) is 4.00. The van der Waals surface area contributed by atoms with Gasteiger partial charge in [-0.05, 0) is 66.7 Å². The number of hydrogen-bond donors (Lipinski definition) is 0. The number of rotatable bonds is 9. The van der Waals surface area contributed by atoms with Crippen LogP contribution in [0.3, 0.4) is 0 Å². The molecule has 8 rings (SSSR count). The Morgan fingerprint density at radius 1 is 0.426 bits per heavy atom. The van der Waals surface area contributed by atoms with E-state index in [1.165, 1.54) is 0 Å². The highest BCUT2D eigenvalue weighted by Gasteiger charge is 2.16. The second-order valence-corrected chi connectivity index (χ2v) is 10.3. The minimum atomic E-state index is 0.160. The molecule has 47 heavy (non-hydrogen) atoms. The van der Waals surface area contributed by atoms with E-state index < -0.39 is 0 Å². The second-order valence-electron chi connectivity index (χ2n) is 10.3. The molecule has 9 heteroatoms. The molecule has 0 saturated carbocycles. The number of benzene rings is 4. The Balaban J connectivity index is 1.18. The Morgan fingerprint density at radius 2 is 0.894 bits per heavy atom. The van der Waals surface area contributed by atoms with Crippen molar-refractivity contribution in [3.63, 3.8) is 0 Å². The SMILES string of the molecule is [2H]c1cc2c3cc([2H])c(Oc4cccc(Oc5ccccn5)c4)cc3n(-c3ncccn3)c2cc1Oc1cccc(Oc2ccccn2)c1. The van der Waals surface area contributed by atoms with E-state index in [0.29, 0.717) is 63.2 Å². The first kappa shape index (κ1) is 25.6. The summed E-state index contributed by atoms with van der Waals surface area (Å²) in [6.07, 6.45) is 6.63. The van der Waals surface area contributed by atoms with Gasteiger partial charge in [-0.1, -0.05) is 24.3 Å². The molecule has 4 aromatic carbocycles. The number of ether oxygens (including phenoxy) is 4. The van der Waals surface area contributed by atoms with Crippen molar-refractivity contribution in [1.82, 2.24) is 24.5 Å². The van der Waals surface area contributed by atoms with Gasteiger partial charge in [0.1, 0.15) is 34.5 Å². The Morgan fingerprint density at radius 3 is 1.36 bits per heavy atom. The molecule has 0 fully saturated rings. The molecule has 0 radical (unpaired) electrons. The first-order chi connectivity index (χ1) is 24.1. The van der Waals surface area contributed by atoms with Crippen molar-refractivity contribution >= 4 is 21.8 Å². The van der Waals surface area contributed by atoms with E-state index >= 15 is 0 Å². The van der Waals surface area contributed by atoms with E-state index in [-0.39, 0.29) is 12.1 Å². The third-order valence-corrected chi connectivity index (χ3v) is 7.12. The molecular formula is C38H25N5O4. The average Bonchev–Trinajstić information content (AvgIpc) is 3.41. The van der Waals surface area contributed by atoms with Crippen molar-refractivity contribution < 1.29 is 21.7 Å². The number of fused-ring (bicyclic) bond motifs is 3. The van der Waals surface area contributed by atoms with Crippen molar-refractivity contribution in [3.05, 3.63) is 152 Å². The van der Waals surface area contributed by atoms with Crippen LogP contribution in [0.1, 0.15) is 2.74 Å². The monoisotopic (exact) mass is 617 g/mol. The molecule has 0 aliphatic carbocycles. The first-order valence-corrected chi connectivity index (χ1v) is 14.7. The summed E-state index contributed by atoms with van der Waals surface area (Å²) in [6, 6.07) is 34.2. The van der Waals surface area contributed by atoms with Gasteiger partial charge in [-0.25, -0.2) is 19.9 Å². The van der Waals surface area contributed by atoms with Gasteiger partial charge in [-0.3, -0.25) is 4.57 Å². The molecule has 4 aromatic heterocycles. The summed E-state index contributed by atoms with van der Waals surface area (Å²) in [5.41, 5.74) is 1.38. The minimum absolute atomic E-state index is 0.160. The molecule has 226 valence electrons. The molecule has 0 aliphatic heterocycles. The minimum Gasteiger partial charge on any atom is -0.457 e. The Bertz CT molecular complexity index is 2280. The van der Waals surface area contributed by atoms with Gasteiger partial charge in [0, 0.05) is 72.0 Å². The molecule has 4 heterocycles. The molecule has 0 N–H and O–H groups in total. The topological polar surface area (TPSA) is 93.4 Å². The summed E-state index contributed by atoms with van der Waals surface area (Å²) >= 11 is 0. The van der Waals surface area contributed by atoms with E-state index in [1.54, 1.807) is 104 Å². The van der Waals surface area contributed by atoms with Gasteiger partial charge in [-0.15, -0.1) is 0 Å². The third kappa shape index (κ3) is 6.01. The normalized spacial score (nSPS) is 11.6. The predicted molar refractivity (Wildman–Crippen MR) is 178 cm³/mol. The third-order valence-electron chi connectivity index (χ3n) is 7.12. The lowest BCUT2D eigenvalue weighted by Gasteiger charge is -2.10. The zero-order valence-corrected chi connectivity index (χ0v) is 24.6. The van der Waals surface area contributed by atoms with Crippen LogP contribution in [0.15, 0.2) is 152 Å². The number of aromatic nitrogens is 5. The quantitative estimate of drug-likeness (QED) is 0.158. The van der Waals surface area contributed by atoms with Gasteiger partial charge >= 0.3 is 0 Å².